The summed E-state index contributed by atoms with van der Waals surface area (Å²) in [6.45, 7) is 3.33. The fourth-order valence-corrected chi connectivity index (χ4v) is 2.85. The lowest BCUT2D eigenvalue weighted by atomic mass is 9.74. The van der Waals surface area contributed by atoms with Crippen molar-refractivity contribution in [2.75, 3.05) is 19.7 Å². The normalized spacial score (nSPS) is 18.9. The van der Waals surface area contributed by atoms with Gasteiger partial charge in [0.05, 0.1) is 6.33 Å². The predicted octanol–water partition coefficient (Wildman–Crippen LogP) is 1.81. The Balaban J connectivity index is 1.61. The summed E-state index contributed by atoms with van der Waals surface area (Å²) in [6.07, 6.45) is 13.0. The molecule has 1 saturated carbocycles. The van der Waals surface area contributed by atoms with Crippen LogP contribution in [-0.2, 0) is 6.54 Å². The Morgan fingerprint density at radius 3 is 2.78 bits per heavy atom. The summed E-state index contributed by atoms with van der Waals surface area (Å²) in [5.74, 6) is 0. The Kier molecular flexibility index (Phi) is 5.20. The van der Waals surface area contributed by atoms with E-state index >= 15 is 0 Å². The summed E-state index contributed by atoms with van der Waals surface area (Å²) in [5, 5.41) is 13.1. The molecule has 4 heteroatoms. The van der Waals surface area contributed by atoms with E-state index in [1.807, 2.05) is 18.7 Å². The molecule has 2 N–H and O–H groups in total. The molecule has 2 rings (SSSR count). The minimum Gasteiger partial charge on any atom is -0.396 e. The van der Waals surface area contributed by atoms with Gasteiger partial charge in [0, 0.05) is 37.5 Å². The summed E-state index contributed by atoms with van der Waals surface area (Å²) < 4.78 is 2.10. The Bertz CT molecular complexity index is 318. The largest absolute Gasteiger partial charge is 0.396 e. The Hall–Kier alpha value is -0.870. The third-order valence-corrected chi connectivity index (χ3v) is 4.08. The van der Waals surface area contributed by atoms with Crippen LogP contribution in [0.3, 0.4) is 0 Å². The predicted molar refractivity (Wildman–Crippen MR) is 72.3 cm³/mol. The fourth-order valence-electron chi connectivity index (χ4n) is 2.85. The van der Waals surface area contributed by atoms with Crippen LogP contribution in [0.1, 0.15) is 38.5 Å². The zero-order chi connectivity index (χ0) is 12.7. The maximum absolute atomic E-state index is 9.60. The smallest absolute Gasteiger partial charge is 0.0945 e. The first-order valence-corrected chi connectivity index (χ1v) is 7.12. The van der Waals surface area contributed by atoms with Crippen LogP contribution < -0.4 is 5.32 Å². The van der Waals surface area contributed by atoms with Gasteiger partial charge in [-0.05, 0) is 25.8 Å². The number of aromatic nitrogens is 2. The van der Waals surface area contributed by atoms with Crippen LogP contribution in [0.4, 0.5) is 0 Å². The minimum atomic E-state index is 0.160. The van der Waals surface area contributed by atoms with Gasteiger partial charge in [0.25, 0.3) is 0 Å². The average molecular weight is 251 g/mol. The zero-order valence-corrected chi connectivity index (χ0v) is 11.1. The topological polar surface area (TPSA) is 50.1 Å². The van der Waals surface area contributed by atoms with Crippen LogP contribution >= 0.6 is 0 Å². The van der Waals surface area contributed by atoms with Gasteiger partial charge in [0.2, 0.25) is 0 Å². The number of aliphatic hydroxyl groups excluding tert-OH is 1. The van der Waals surface area contributed by atoms with Gasteiger partial charge < -0.3 is 15.0 Å². The number of nitrogens with zero attached hydrogens (tertiary/aromatic N) is 2. The quantitative estimate of drug-likeness (QED) is 0.727. The van der Waals surface area contributed by atoms with Crippen molar-refractivity contribution in [3.63, 3.8) is 0 Å². The van der Waals surface area contributed by atoms with Gasteiger partial charge in [-0.3, -0.25) is 0 Å². The minimum absolute atomic E-state index is 0.160. The summed E-state index contributed by atoms with van der Waals surface area (Å²) in [5.41, 5.74) is 0.160. The van der Waals surface area contributed by atoms with E-state index in [4.69, 9.17) is 0 Å². The van der Waals surface area contributed by atoms with Gasteiger partial charge >= 0.3 is 0 Å². The molecule has 0 bridgehead atoms. The van der Waals surface area contributed by atoms with Crippen LogP contribution in [0.5, 0.6) is 0 Å². The lowest BCUT2D eigenvalue weighted by Crippen LogP contribution is -2.39. The van der Waals surface area contributed by atoms with Crippen molar-refractivity contribution in [2.45, 2.75) is 45.1 Å². The molecule has 0 radical (unpaired) electrons. The Labute approximate surface area is 109 Å². The van der Waals surface area contributed by atoms with Crippen LogP contribution in [0.15, 0.2) is 18.7 Å². The molecule has 0 spiro atoms. The maximum atomic E-state index is 9.60. The number of aryl methyl sites for hydroxylation is 1. The SMILES string of the molecule is OCC1(CNCCCn2ccnc2)CCCCC1. The first-order chi connectivity index (χ1) is 8.85. The zero-order valence-electron chi connectivity index (χ0n) is 11.1. The number of aliphatic hydroxyl groups is 1. The van der Waals surface area contributed by atoms with E-state index in [1.54, 1.807) is 0 Å². The lowest BCUT2D eigenvalue weighted by Gasteiger charge is -2.35. The highest BCUT2D eigenvalue weighted by atomic mass is 16.3. The summed E-state index contributed by atoms with van der Waals surface area (Å²) in [7, 11) is 0. The van der Waals surface area contributed by atoms with Crippen molar-refractivity contribution < 1.29 is 5.11 Å². The fraction of sp³-hybridized carbons (Fsp3) is 0.786. The van der Waals surface area contributed by atoms with Gasteiger partial charge in [-0.2, -0.15) is 0 Å². The molecular weight excluding hydrogens is 226 g/mol. The van der Waals surface area contributed by atoms with Gasteiger partial charge in [0.1, 0.15) is 0 Å². The van der Waals surface area contributed by atoms with Gasteiger partial charge in [-0.1, -0.05) is 19.3 Å². The van der Waals surface area contributed by atoms with Crippen molar-refractivity contribution in [1.29, 1.82) is 0 Å². The number of nitrogens with one attached hydrogen (secondary N) is 1. The van der Waals surface area contributed by atoms with E-state index in [1.165, 1.54) is 32.1 Å². The van der Waals surface area contributed by atoms with Crippen molar-refractivity contribution in [2.24, 2.45) is 5.41 Å². The number of hydrogen-bond donors (Lipinski definition) is 2. The highest BCUT2D eigenvalue weighted by Crippen LogP contribution is 2.35. The van der Waals surface area contributed by atoms with E-state index in [-0.39, 0.29) is 5.41 Å². The Morgan fingerprint density at radius 1 is 1.28 bits per heavy atom. The van der Waals surface area contributed by atoms with Crippen molar-refractivity contribution >= 4 is 0 Å². The van der Waals surface area contributed by atoms with E-state index in [0.29, 0.717) is 6.61 Å². The molecule has 0 saturated heterocycles. The highest BCUT2D eigenvalue weighted by Gasteiger charge is 2.30. The van der Waals surface area contributed by atoms with Crippen LogP contribution in [0.25, 0.3) is 0 Å². The average Bonchev–Trinajstić information content (AvgIpc) is 2.93. The first-order valence-electron chi connectivity index (χ1n) is 7.12. The first kappa shape index (κ1) is 13.6. The highest BCUT2D eigenvalue weighted by molar-refractivity contribution is 4.84. The number of hydrogen-bond acceptors (Lipinski definition) is 3. The summed E-state index contributed by atoms with van der Waals surface area (Å²) in [4.78, 5) is 4.03. The number of imidazole rings is 1. The van der Waals surface area contributed by atoms with E-state index < -0.39 is 0 Å². The molecule has 0 aliphatic heterocycles. The molecule has 0 amide bonds. The third kappa shape index (κ3) is 3.82. The van der Waals surface area contributed by atoms with E-state index in [2.05, 4.69) is 14.9 Å². The van der Waals surface area contributed by atoms with E-state index in [0.717, 1.165) is 26.1 Å². The molecule has 1 aromatic rings. The van der Waals surface area contributed by atoms with Crippen LogP contribution in [0, 0.1) is 5.41 Å². The molecule has 1 aliphatic carbocycles. The second-order valence-corrected chi connectivity index (χ2v) is 5.55. The van der Waals surface area contributed by atoms with Crippen molar-refractivity contribution in [3.8, 4) is 0 Å². The molecule has 1 aliphatic rings. The monoisotopic (exact) mass is 251 g/mol. The molecule has 0 unspecified atom stereocenters. The summed E-state index contributed by atoms with van der Waals surface area (Å²) >= 11 is 0. The van der Waals surface area contributed by atoms with Crippen LogP contribution in [-0.4, -0.2) is 34.4 Å². The van der Waals surface area contributed by atoms with Crippen molar-refractivity contribution in [3.05, 3.63) is 18.7 Å². The molecule has 0 aromatic carbocycles. The van der Waals surface area contributed by atoms with Gasteiger partial charge in [-0.15, -0.1) is 0 Å². The molecule has 0 atom stereocenters. The van der Waals surface area contributed by atoms with Crippen molar-refractivity contribution in [1.82, 2.24) is 14.9 Å². The molecule has 102 valence electrons. The maximum Gasteiger partial charge on any atom is 0.0945 e. The Morgan fingerprint density at radius 2 is 2.11 bits per heavy atom. The molecule has 1 aromatic heterocycles. The van der Waals surface area contributed by atoms with Crippen LogP contribution in [0.2, 0.25) is 0 Å². The molecule has 18 heavy (non-hydrogen) atoms. The molecule has 4 nitrogen and oxygen atoms in total. The third-order valence-electron chi connectivity index (χ3n) is 4.08. The van der Waals surface area contributed by atoms with E-state index in [9.17, 15) is 5.11 Å². The molecular formula is C14H25N3O. The molecule has 1 heterocycles. The lowest BCUT2D eigenvalue weighted by molar-refractivity contribution is 0.0814. The standard InChI is InChI=1S/C14H25N3O/c18-12-14(5-2-1-3-6-14)11-15-7-4-9-17-10-8-16-13-17/h8,10,13,15,18H,1-7,9,11-12H2. The molecule has 1 fully saturated rings. The van der Waals surface area contributed by atoms with Gasteiger partial charge in [0.15, 0.2) is 0 Å². The second-order valence-electron chi connectivity index (χ2n) is 5.55. The van der Waals surface area contributed by atoms with Gasteiger partial charge in [-0.25, -0.2) is 4.98 Å². The number of rotatable bonds is 7. The second kappa shape index (κ2) is 6.90. The summed E-state index contributed by atoms with van der Waals surface area (Å²) in [6, 6.07) is 0.